The Morgan fingerprint density at radius 3 is 2.42 bits per heavy atom. The summed E-state index contributed by atoms with van der Waals surface area (Å²) in [5.74, 6) is -0.396. The number of hydrogen-bond acceptors (Lipinski definition) is 3. The highest BCUT2D eigenvalue weighted by Crippen LogP contribution is 2.22. The van der Waals surface area contributed by atoms with Gasteiger partial charge in [0.25, 0.3) is 5.91 Å². The summed E-state index contributed by atoms with van der Waals surface area (Å²) < 4.78 is 0.00405. The third kappa shape index (κ3) is 5.98. The minimum atomic E-state index is -0.431. The van der Waals surface area contributed by atoms with Gasteiger partial charge in [-0.05, 0) is 12.1 Å². The van der Waals surface area contributed by atoms with Crippen LogP contribution in [0.3, 0.4) is 0 Å². The fourth-order valence-corrected chi connectivity index (χ4v) is 2.02. The summed E-state index contributed by atoms with van der Waals surface area (Å²) >= 11 is 7.38. The Hall–Kier alpha value is -1.20. The van der Waals surface area contributed by atoms with Crippen molar-refractivity contribution < 1.29 is 9.59 Å². The normalized spacial score (nSPS) is 10.9. The molecule has 0 aliphatic heterocycles. The molecule has 104 valence electrons. The van der Waals surface area contributed by atoms with E-state index in [1.54, 1.807) is 24.3 Å². The van der Waals surface area contributed by atoms with Crippen molar-refractivity contribution in [2.24, 2.45) is 0 Å². The van der Waals surface area contributed by atoms with Crippen LogP contribution in [-0.2, 0) is 4.79 Å². The molecule has 0 saturated heterocycles. The first-order valence-electron chi connectivity index (χ1n) is 5.77. The van der Waals surface area contributed by atoms with E-state index in [0.29, 0.717) is 10.6 Å². The number of rotatable bonds is 3. The van der Waals surface area contributed by atoms with Gasteiger partial charge in [-0.25, -0.2) is 0 Å². The second kappa shape index (κ2) is 6.82. The molecular formula is C13H17ClN2O2S. The lowest BCUT2D eigenvalue weighted by atomic mass is 10.2. The molecule has 19 heavy (non-hydrogen) atoms. The van der Waals surface area contributed by atoms with Crippen LogP contribution < -0.4 is 10.9 Å². The number of hydrazine groups is 1. The number of carbonyl (C=O) groups excluding carboxylic acids is 2. The molecule has 0 heterocycles. The quantitative estimate of drug-likeness (QED) is 0.844. The van der Waals surface area contributed by atoms with Gasteiger partial charge in [0.2, 0.25) is 5.91 Å². The maximum atomic E-state index is 11.8. The molecule has 1 aromatic rings. The standard InChI is InChI=1S/C13H17ClN2O2S/c1-13(2,3)19-8-11(17)15-16-12(18)9-6-4-5-7-10(9)14/h4-7H,8H2,1-3H3,(H,15,17)(H,16,18). The molecule has 6 heteroatoms. The number of amides is 2. The van der Waals surface area contributed by atoms with Gasteiger partial charge >= 0.3 is 0 Å². The average molecular weight is 301 g/mol. The van der Waals surface area contributed by atoms with Crippen molar-refractivity contribution in [1.29, 1.82) is 0 Å². The molecule has 0 aliphatic rings. The lowest BCUT2D eigenvalue weighted by Crippen LogP contribution is -2.43. The zero-order valence-corrected chi connectivity index (χ0v) is 12.7. The first kappa shape index (κ1) is 15.9. The van der Waals surface area contributed by atoms with E-state index in [2.05, 4.69) is 10.9 Å². The maximum Gasteiger partial charge on any atom is 0.271 e. The number of halogens is 1. The lowest BCUT2D eigenvalue weighted by Gasteiger charge is -2.17. The van der Waals surface area contributed by atoms with Crippen molar-refractivity contribution in [2.75, 3.05) is 5.75 Å². The van der Waals surface area contributed by atoms with E-state index in [9.17, 15) is 9.59 Å². The van der Waals surface area contributed by atoms with Gasteiger partial charge in [-0.3, -0.25) is 20.4 Å². The largest absolute Gasteiger partial charge is 0.272 e. The summed E-state index contributed by atoms with van der Waals surface area (Å²) in [6.45, 7) is 6.06. The molecule has 4 nitrogen and oxygen atoms in total. The third-order valence-electron chi connectivity index (χ3n) is 2.07. The van der Waals surface area contributed by atoms with Crippen LogP contribution in [0.1, 0.15) is 31.1 Å². The molecule has 1 aromatic carbocycles. The number of nitrogens with one attached hydrogen (secondary N) is 2. The van der Waals surface area contributed by atoms with Gasteiger partial charge in [0.1, 0.15) is 0 Å². The summed E-state index contributed by atoms with van der Waals surface area (Å²) in [4.78, 5) is 23.3. The van der Waals surface area contributed by atoms with E-state index in [1.807, 2.05) is 20.8 Å². The van der Waals surface area contributed by atoms with Crippen LogP contribution in [0.25, 0.3) is 0 Å². The van der Waals surface area contributed by atoms with Gasteiger partial charge in [0.15, 0.2) is 0 Å². The van der Waals surface area contributed by atoms with Crippen LogP contribution in [0, 0.1) is 0 Å². The summed E-state index contributed by atoms with van der Waals surface area (Å²) in [5.41, 5.74) is 5.03. The summed E-state index contributed by atoms with van der Waals surface area (Å²) in [6, 6.07) is 6.65. The van der Waals surface area contributed by atoms with Gasteiger partial charge in [0, 0.05) is 4.75 Å². The van der Waals surface area contributed by atoms with E-state index >= 15 is 0 Å². The molecule has 2 amide bonds. The Kier molecular flexibility index (Phi) is 5.69. The Bertz CT molecular complexity index is 472. The molecular weight excluding hydrogens is 284 g/mol. The van der Waals surface area contributed by atoms with Gasteiger partial charge in [-0.2, -0.15) is 0 Å². The molecule has 0 unspecified atom stereocenters. The zero-order chi connectivity index (χ0) is 14.5. The van der Waals surface area contributed by atoms with Crippen molar-refractivity contribution in [3.63, 3.8) is 0 Å². The third-order valence-corrected chi connectivity index (χ3v) is 3.67. The van der Waals surface area contributed by atoms with Gasteiger partial charge in [-0.1, -0.05) is 44.5 Å². The van der Waals surface area contributed by atoms with Crippen molar-refractivity contribution >= 4 is 35.2 Å². The highest BCUT2D eigenvalue weighted by Gasteiger charge is 2.14. The van der Waals surface area contributed by atoms with Crippen molar-refractivity contribution in [2.45, 2.75) is 25.5 Å². The fraction of sp³-hybridized carbons (Fsp3) is 0.385. The molecule has 2 N–H and O–H groups in total. The van der Waals surface area contributed by atoms with Crippen molar-refractivity contribution in [3.05, 3.63) is 34.9 Å². The molecule has 0 atom stereocenters. The van der Waals surface area contributed by atoms with Crippen LogP contribution in [0.4, 0.5) is 0 Å². The monoisotopic (exact) mass is 300 g/mol. The van der Waals surface area contributed by atoms with Crippen molar-refractivity contribution in [3.8, 4) is 0 Å². The SMILES string of the molecule is CC(C)(C)SCC(=O)NNC(=O)c1ccccc1Cl. The topological polar surface area (TPSA) is 58.2 Å². The van der Waals surface area contributed by atoms with Crippen molar-refractivity contribution in [1.82, 2.24) is 10.9 Å². The minimum absolute atomic E-state index is 0.00405. The fourth-order valence-electron chi connectivity index (χ4n) is 1.16. The van der Waals surface area contributed by atoms with Crippen LogP contribution in [0.15, 0.2) is 24.3 Å². The predicted octanol–water partition coefficient (Wildman–Crippen LogP) is 2.63. The van der Waals surface area contributed by atoms with E-state index in [1.165, 1.54) is 11.8 Å². The molecule has 1 rings (SSSR count). The van der Waals surface area contributed by atoms with Gasteiger partial charge in [0.05, 0.1) is 16.3 Å². The molecule has 0 saturated carbocycles. The number of benzene rings is 1. The van der Waals surface area contributed by atoms with Crippen LogP contribution in [0.2, 0.25) is 5.02 Å². The zero-order valence-electron chi connectivity index (χ0n) is 11.1. The van der Waals surface area contributed by atoms with Gasteiger partial charge < -0.3 is 0 Å². The summed E-state index contributed by atoms with van der Waals surface area (Å²) in [6.07, 6.45) is 0. The predicted molar refractivity (Wildman–Crippen MR) is 79.3 cm³/mol. The van der Waals surface area contributed by atoms with Crippen LogP contribution >= 0.6 is 23.4 Å². The second-order valence-electron chi connectivity index (χ2n) is 4.88. The number of carbonyl (C=O) groups is 2. The molecule has 0 aliphatic carbocycles. The van der Waals surface area contributed by atoms with E-state index < -0.39 is 5.91 Å². The van der Waals surface area contributed by atoms with E-state index in [0.717, 1.165) is 0 Å². The molecule has 0 fully saturated rings. The highest BCUT2D eigenvalue weighted by molar-refractivity contribution is 8.01. The number of hydrogen-bond donors (Lipinski definition) is 2. The second-order valence-corrected chi connectivity index (χ2v) is 7.09. The Morgan fingerprint density at radius 2 is 1.84 bits per heavy atom. The van der Waals surface area contributed by atoms with Crippen LogP contribution in [0.5, 0.6) is 0 Å². The summed E-state index contributed by atoms with van der Waals surface area (Å²) in [5, 5.41) is 0.346. The Labute approximate surface area is 122 Å². The number of thioether (sulfide) groups is 1. The van der Waals surface area contributed by atoms with E-state index in [-0.39, 0.29) is 16.4 Å². The maximum absolute atomic E-state index is 11.8. The smallest absolute Gasteiger partial charge is 0.271 e. The molecule has 0 aromatic heterocycles. The first-order valence-corrected chi connectivity index (χ1v) is 7.13. The van der Waals surface area contributed by atoms with Crippen LogP contribution in [-0.4, -0.2) is 22.3 Å². The molecule has 0 bridgehead atoms. The molecule has 0 radical (unpaired) electrons. The lowest BCUT2D eigenvalue weighted by molar-refractivity contribution is -0.119. The first-order chi connectivity index (χ1) is 8.79. The summed E-state index contributed by atoms with van der Waals surface area (Å²) in [7, 11) is 0. The van der Waals surface area contributed by atoms with E-state index in [4.69, 9.17) is 11.6 Å². The molecule has 0 spiro atoms. The minimum Gasteiger partial charge on any atom is -0.272 e. The van der Waals surface area contributed by atoms with Gasteiger partial charge in [-0.15, -0.1) is 11.8 Å². The highest BCUT2D eigenvalue weighted by atomic mass is 35.5. The Morgan fingerprint density at radius 1 is 1.21 bits per heavy atom. The average Bonchev–Trinajstić information content (AvgIpc) is 2.33. The Balaban J connectivity index is 2.43.